The fraction of sp³-hybridized carbons (Fsp3) is 0.269. The van der Waals surface area contributed by atoms with Crippen LogP contribution in [0.15, 0.2) is 78.9 Å². The molecule has 3 rings (SSSR count). The second kappa shape index (κ2) is 11.5. The summed E-state index contributed by atoms with van der Waals surface area (Å²) in [6, 6.07) is 18.0. The summed E-state index contributed by atoms with van der Waals surface area (Å²) in [5.74, 6) is -1.29. The van der Waals surface area contributed by atoms with Crippen molar-refractivity contribution < 1.29 is 35.9 Å². The van der Waals surface area contributed by atoms with E-state index in [0.29, 0.717) is 16.7 Å². The van der Waals surface area contributed by atoms with Crippen LogP contribution in [0, 0.1) is 0 Å². The summed E-state index contributed by atoms with van der Waals surface area (Å²) in [5, 5.41) is 5.73. The fourth-order valence-electron chi connectivity index (χ4n) is 3.88. The molecule has 2 N–H and O–H groups in total. The van der Waals surface area contributed by atoms with Crippen LogP contribution >= 0.6 is 0 Å². The lowest BCUT2D eigenvalue weighted by molar-refractivity contribution is -0.274. The van der Waals surface area contributed by atoms with Gasteiger partial charge < -0.3 is 15.4 Å². The number of hydrogen-bond donors (Lipinski definition) is 2. The largest absolute Gasteiger partial charge is 0.573 e. The Labute approximate surface area is 204 Å². The Morgan fingerprint density at radius 1 is 0.833 bits per heavy atom. The van der Waals surface area contributed by atoms with Crippen LogP contribution in [0.5, 0.6) is 5.75 Å². The molecule has 0 unspecified atom stereocenters. The lowest BCUT2D eigenvalue weighted by Gasteiger charge is -2.23. The minimum Gasteiger partial charge on any atom is -0.406 e. The number of carbonyl (C=O) groups is 1. The summed E-state index contributed by atoms with van der Waals surface area (Å²) < 4.78 is 81.4. The molecule has 36 heavy (non-hydrogen) atoms. The second-order valence-corrected chi connectivity index (χ2v) is 7.99. The first-order valence-corrected chi connectivity index (χ1v) is 11.0. The number of carbonyl (C=O) groups excluding carboxylic acids is 1. The van der Waals surface area contributed by atoms with Gasteiger partial charge in [-0.1, -0.05) is 54.6 Å². The number of benzene rings is 3. The number of nitrogens with one attached hydrogen (secondary N) is 2. The number of ether oxygens (including phenoxy) is 1. The highest BCUT2D eigenvalue weighted by Gasteiger charge is 2.32. The van der Waals surface area contributed by atoms with E-state index < -0.39 is 35.8 Å². The van der Waals surface area contributed by atoms with E-state index in [1.807, 2.05) is 0 Å². The Morgan fingerprint density at radius 3 is 2.06 bits per heavy atom. The van der Waals surface area contributed by atoms with Gasteiger partial charge in [-0.25, -0.2) is 0 Å². The topological polar surface area (TPSA) is 50.4 Å². The molecule has 0 bridgehead atoms. The zero-order valence-electron chi connectivity index (χ0n) is 19.2. The average molecular weight is 510 g/mol. The van der Waals surface area contributed by atoms with Gasteiger partial charge >= 0.3 is 12.5 Å². The van der Waals surface area contributed by atoms with E-state index >= 15 is 0 Å². The Hall–Kier alpha value is -3.53. The minimum absolute atomic E-state index is 0.239. The number of hydrogen-bond acceptors (Lipinski definition) is 3. The zero-order valence-corrected chi connectivity index (χ0v) is 19.2. The van der Waals surface area contributed by atoms with Gasteiger partial charge in [0.1, 0.15) is 11.8 Å². The predicted molar refractivity (Wildman–Crippen MR) is 122 cm³/mol. The molecule has 3 aromatic rings. The highest BCUT2D eigenvalue weighted by Crippen LogP contribution is 2.35. The quantitative estimate of drug-likeness (QED) is 0.337. The Balaban J connectivity index is 1.88. The first kappa shape index (κ1) is 27.1. The van der Waals surface area contributed by atoms with E-state index in [1.165, 1.54) is 31.3 Å². The molecule has 3 aromatic carbocycles. The maximum absolute atomic E-state index is 13.0. The van der Waals surface area contributed by atoms with E-state index in [4.69, 9.17) is 0 Å². The molecule has 0 aliphatic heterocycles. The van der Waals surface area contributed by atoms with Crippen LogP contribution in [-0.4, -0.2) is 25.9 Å². The highest BCUT2D eigenvalue weighted by molar-refractivity contribution is 5.82. The van der Waals surface area contributed by atoms with Gasteiger partial charge in [0.25, 0.3) is 0 Å². The number of amides is 1. The van der Waals surface area contributed by atoms with Crippen molar-refractivity contribution in [2.45, 2.75) is 30.9 Å². The van der Waals surface area contributed by atoms with Gasteiger partial charge in [-0.15, -0.1) is 13.2 Å². The van der Waals surface area contributed by atoms with Gasteiger partial charge in [0.2, 0.25) is 5.91 Å². The molecule has 0 fully saturated rings. The van der Waals surface area contributed by atoms with Crippen LogP contribution in [0.25, 0.3) is 0 Å². The monoisotopic (exact) mass is 510 g/mol. The van der Waals surface area contributed by atoms with Gasteiger partial charge in [0.15, 0.2) is 0 Å². The fourth-order valence-corrected chi connectivity index (χ4v) is 3.88. The molecule has 2 atom stereocenters. The minimum atomic E-state index is -4.89. The number of halogens is 6. The predicted octanol–water partition coefficient (Wildman–Crippen LogP) is 6.20. The molecular formula is C26H24F6N2O2. The van der Waals surface area contributed by atoms with Crippen molar-refractivity contribution in [3.05, 3.63) is 101 Å². The van der Waals surface area contributed by atoms with Gasteiger partial charge in [-0.2, -0.15) is 13.2 Å². The molecule has 0 spiro atoms. The Bertz CT molecular complexity index is 1130. The van der Waals surface area contributed by atoms with Crippen molar-refractivity contribution in [2.75, 3.05) is 13.6 Å². The summed E-state index contributed by atoms with van der Waals surface area (Å²) in [5.41, 5.74) is 0.782. The molecule has 0 aromatic heterocycles. The number of alkyl halides is 6. The van der Waals surface area contributed by atoms with Gasteiger partial charge in [-0.05, 0) is 53.9 Å². The highest BCUT2D eigenvalue weighted by atomic mass is 19.4. The third kappa shape index (κ3) is 7.48. The molecule has 192 valence electrons. The summed E-state index contributed by atoms with van der Waals surface area (Å²) in [4.78, 5) is 12.4. The van der Waals surface area contributed by atoms with E-state index in [-0.39, 0.29) is 18.9 Å². The van der Waals surface area contributed by atoms with E-state index in [0.717, 1.165) is 18.2 Å². The summed E-state index contributed by atoms with van der Waals surface area (Å²) in [7, 11) is 1.50. The van der Waals surface area contributed by atoms with Crippen LogP contribution in [-0.2, 0) is 11.0 Å². The molecule has 4 nitrogen and oxygen atoms in total. The Kier molecular flexibility index (Phi) is 8.62. The molecule has 0 saturated heterocycles. The lowest BCUT2D eigenvalue weighted by atomic mass is 9.87. The van der Waals surface area contributed by atoms with Gasteiger partial charge in [-0.3, -0.25) is 4.79 Å². The molecular weight excluding hydrogens is 486 g/mol. The van der Waals surface area contributed by atoms with Crippen LogP contribution in [0.3, 0.4) is 0 Å². The van der Waals surface area contributed by atoms with E-state index in [2.05, 4.69) is 15.4 Å². The molecule has 0 heterocycles. The van der Waals surface area contributed by atoms with E-state index in [1.54, 1.807) is 36.4 Å². The van der Waals surface area contributed by atoms with Crippen LogP contribution in [0.1, 0.15) is 40.6 Å². The van der Waals surface area contributed by atoms with Crippen molar-refractivity contribution in [2.24, 2.45) is 0 Å². The van der Waals surface area contributed by atoms with Crippen LogP contribution in [0.4, 0.5) is 26.3 Å². The number of rotatable bonds is 9. The SMILES string of the molecule is CNC(=O)[C@H](NCC[C@H](c1ccc(C(F)(F)F)cc1)c1cccc(OC(F)(F)F)c1)c1ccccc1. The van der Waals surface area contributed by atoms with Crippen molar-refractivity contribution >= 4 is 5.91 Å². The lowest BCUT2D eigenvalue weighted by Crippen LogP contribution is -2.36. The molecule has 0 aliphatic rings. The zero-order chi connectivity index (χ0) is 26.3. The van der Waals surface area contributed by atoms with Crippen LogP contribution < -0.4 is 15.4 Å². The summed E-state index contributed by atoms with van der Waals surface area (Å²) in [6.07, 6.45) is -9.13. The number of likely N-dealkylation sites (N-methyl/N-ethyl adjacent to an activating group) is 1. The standard InChI is InChI=1S/C26H24F6N2O2/c1-33-24(35)23(18-6-3-2-4-7-18)34-15-14-22(17-10-12-20(13-11-17)25(27,28)29)19-8-5-9-21(16-19)36-26(30,31)32/h2-13,16,22-23,34H,14-15H2,1H3,(H,33,35)/t22-,23-/m1/s1. The van der Waals surface area contributed by atoms with Crippen molar-refractivity contribution in [3.63, 3.8) is 0 Å². The normalized spacial score (nSPS) is 13.6. The first-order chi connectivity index (χ1) is 17.0. The smallest absolute Gasteiger partial charge is 0.406 e. The van der Waals surface area contributed by atoms with Gasteiger partial charge in [0.05, 0.1) is 5.56 Å². The van der Waals surface area contributed by atoms with Crippen LogP contribution in [0.2, 0.25) is 0 Å². The Morgan fingerprint density at radius 2 is 1.47 bits per heavy atom. The summed E-state index contributed by atoms with van der Waals surface area (Å²) in [6.45, 7) is 0.239. The molecule has 10 heteroatoms. The van der Waals surface area contributed by atoms with Crippen molar-refractivity contribution in [1.29, 1.82) is 0 Å². The third-order valence-corrected chi connectivity index (χ3v) is 5.56. The third-order valence-electron chi connectivity index (χ3n) is 5.56. The van der Waals surface area contributed by atoms with Crippen molar-refractivity contribution in [3.8, 4) is 5.75 Å². The molecule has 0 saturated carbocycles. The van der Waals surface area contributed by atoms with E-state index in [9.17, 15) is 31.1 Å². The van der Waals surface area contributed by atoms with Crippen molar-refractivity contribution in [1.82, 2.24) is 10.6 Å². The molecule has 1 amide bonds. The van der Waals surface area contributed by atoms with Gasteiger partial charge in [0, 0.05) is 13.0 Å². The second-order valence-electron chi connectivity index (χ2n) is 7.99. The maximum atomic E-state index is 13.0. The average Bonchev–Trinajstić information content (AvgIpc) is 2.83. The maximum Gasteiger partial charge on any atom is 0.573 e. The molecule has 0 aliphatic carbocycles. The summed E-state index contributed by atoms with van der Waals surface area (Å²) >= 11 is 0. The first-order valence-electron chi connectivity index (χ1n) is 11.0. The molecule has 0 radical (unpaired) electrons.